The lowest BCUT2D eigenvalue weighted by Gasteiger charge is -2.23. The summed E-state index contributed by atoms with van der Waals surface area (Å²) < 4.78 is 1.92. The van der Waals surface area contributed by atoms with E-state index in [9.17, 15) is 0 Å². The van der Waals surface area contributed by atoms with Crippen molar-refractivity contribution in [3.05, 3.63) is 53.9 Å². The molecule has 0 N–H and O–H groups in total. The minimum absolute atomic E-state index is 0.626. The van der Waals surface area contributed by atoms with Gasteiger partial charge in [0.2, 0.25) is 0 Å². The number of aromatic nitrogens is 2. The number of alkyl halides is 1. The van der Waals surface area contributed by atoms with E-state index in [1.165, 1.54) is 37.7 Å². The van der Waals surface area contributed by atoms with Gasteiger partial charge >= 0.3 is 0 Å². The van der Waals surface area contributed by atoms with Crippen LogP contribution in [-0.4, -0.2) is 15.7 Å². The van der Waals surface area contributed by atoms with Gasteiger partial charge in [0.25, 0.3) is 0 Å². The molecule has 0 atom stereocenters. The van der Waals surface area contributed by atoms with Crippen molar-refractivity contribution in [1.82, 2.24) is 9.78 Å². The van der Waals surface area contributed by atoms with E-state index in [1.54, 1.807) is 0 Å². The van der Waals surface area contributed by atoms with E-state index in [-0.39, 0.29) is 0 Å². The van der Waals surface area contributed by atoms with Gasteiger partial charge in [-0.25, -0.2) is 4.68 Å². The Morgan fingerprint density at radius 2 is 1.95 bits per heavy atom. The molecule has 1 fully saturated rings. The summed E-state index contributed by atoms with van der Waals surface area (Å²) in [6, 6.07) is 10.2. The predicted molar refractivity (Wildman–Crippen MR) is 88.8 cm³/mol. The number of allylic oxidation sites excluding steroid dienone is 1. The molecule has 110 valence electrons. The van der Waals surface area contributed by atoms with Gasteiger partial charge in [-0.3, -0.25) is 0 Å². The standard InChI is InChI=1S/C18H21ClN2/c19-12-17(16-7-3-1-4-8-16)11-15-13-20-21(14-15)18-9-5-2-6-10-18/h2,5-6,9-11,13-14,16H,1,3-4,7-8,12H2/b17-11-. The topological polar surface area (TPSA) is 17.8 Å². The molecular weight excluding hydrogens is 280 g/mol. The summed E-state index contributed by atoms with van der Waals surface area (Å²) in [7, 11) is 0. The highest BCUT2D eigenvalue weighted by Gasteiger charge is 2.17. The lowest BCUT2D eigenvalue weighted by molar-refractivity contribution is 0.405. The quantitative estimate of drug-likeness (QED) is 0.720. The summed E-state index contributed by atoms with van der Waals surface area (Å²) in [5.41, 5.74) is 3.59. The zero-order valence-electron chi connectivity index (χ0n) is 12.2. The zero-order valence-corrected chi connectivity index (χ0v) is 13.0. The van der Waals surface area contributed by atoms with Crippen molar-refractivity contribution in [3.63, 3.8) is 0 Å². The molecule has 0 amide bonds. The minimum Gasteiger partial charge on any atom is -0.240 e. The van der Waals surface area contributed by atoms with Crippen LogP contribution in [0.1, 0.15) is 37.7 Å². The van der Waals surface area contributed by atoms with E-state index in [1.807, 2.05) is 29.1 Å². The Balaban J connectivity index is 1.80. The van der Waals surface area contributed by atoms with Crippen LogP contribution in [0.2, 0.25) is 0 Å². The molecule has 0 unspecified atom stereocenters. The van der Waals surface area contributed by atoms with Crippen LogP contribution in [-0.2, 0) is 0 Å². The molecule has 0 spiro atoms. The van der Waals surface area contributed by atoms with Crippen molar-refractivity contribution < 1.29 is 0 Å². The third-order valence-electron chi connectivity index (χ3n) is 4.26. The van der Waals surface area contributed by atoms with Crippen molar-refractivity contribution >= 4 is 17.7 Å². The van der Waals surface area contributed by atoms with Crippen molar-refractivity contribution in [2.45, 2.75) is 32.1 Å². The molecule has 1 heterocycles. The first-order chi connectivity index (χ1) is 10.4. The monoisotopic (exact) mass is 300 g/mol. The molecule has 1 aliphatic rings. The average Bonchev–Trinajstić information content (AvgIpc) is 3.03. The number of halogens is 1. The maximum absolute atomic E-state index is 6.18. The summed E-state index contributed by atoms with van der Waals surface area (Å²) in [4.78, 5) is 0. The molecular formula is C18H21ClN2. The zero-order chi connectivity index (χ0) is 14.5. The first-order valence-corrected chi connectivity index (χ1v) is 8.27. The molecule has 3 heteroatoms. The maximum Gasteiger partial charge on any atom is 0.0645 e. The van der Waals surface area contributed by atoms with Crippen LogP contribution >= 0.6 is 11.6 Å². The van der Waals surface area contributed by atoms with Crippen molar-refractivity contribution in [2.24, 2.45) is 5.92 Å². The fourth-order valence-corrected chi connectivity index (χ4v) is 3.38. The predicted octanol–water partition coefficient (Wildman–Crippen LogP) is 5.07. The molecule has 0 radical (unpaired) electrons. The number of benzene rings is 1. The van der Waals surface area contributed by atoms with Crippen LogP contribution < -0.4 is 0 Å². The first kappa shape index (κ1) is 14.4. The van der Waals surface area contributed by atoms with E-state index in [0.29, 0.717) is 11.8 Å². The van der Waals surface area contributed by atoms with Crippen LogP contribution in [0.4, 0.5) is 0 Å². The van der Waals surface area contributed by atoms with Gasteiger partial charge in [-0.05, 0) is 30.9 Å². The van der Waals surface area contributed by atoms with E-state index in [2.05, 4.69) is 29.5 Å². The molecule has 1 aromatic heterocycles. The van der Waals surface area contributed by atoms with Crippen molar-refractivity contribution in [3.8, 4) is 5.69 Å². The van der Waals surface area contributed by atoms with Gasteiger partial charge in [-0.1, -0.05) is 49.1 Å². The lowest BCUT2D eigenvalue weighted by atomic mass is 9.84. The maximum atomic E-state index is 6.18. The molecule has 0 saturated heterocycles. The largest absolute Gasteiger partial charge is 0.240 e. The second-order valence-corrected chi connectivity index (χ2v) is 6.01. The van der Waals surface area contributed by atoms with Crippen LogP contribution in [0.25, 0.3) is 11.8 Å². The number of hydrogen-bond acceptors (Lipinski definition) is 1. The summed E-state index contributed by atoms with van der Waals surface area (Å²) in [5.74, 6) is 1.29. The van der Waals surface area contributed by atoms with Crippen LogP contribution in [0.3, 0.4) is 0 Å². The Morgan fingerprint density at radius 1 is 1.19 bits per heavy atom. The highest BCUT2D eigenvalue weighted by Crippen LogP contribution is 2.31. The SMILES string of the molecule is ClC/C(=C/c1cnn(-c2ccccc2)c1)C1CCCCC1. The van der Waals surface area contributed by atoms with E-state index in [0.717, 1.165) is 11.3 Å². The number of hydrogen-bond donors (Lipinski definition) is 0. The Hall–Kier alpha value is -1.54. The fraction of sp³-hybridized carbons (Fsp3) is 0.389. The summed E-state index contributed by atoms with van der Waals surface area (Å²) in [5, 5.41) is 4.45. The third-order valence-corrected chi connectivity index (χ3v) is 4.57. The number of para-hydroxylation sites is 1. The smallest absolute Gasteiger partial charge is 0.0645 e. The van der Waals surface area contributed by atoms with Crippen LogP contribution in [0.15, 0.2) is 48.3 Å². The second-order valence-electron chi connectivity index (χ2n) is 5.74. The highest BCUT2D eigenvalue weighted by atomic mass is 35.5. The van der Waals surface area contributed by atoms with Gasteiger partial charge < -0.3 is 0 Å². The Labute approximate surface area is 131 Å². The third kappa shape index (κ3) is 3.56. The van der Waals surface area contributed by atoms with Gasteiger partial charge in [0.15, 0.2) is 0 Å². The normalized spacial score (nSPS) is 17.1. The molecule has 2 aromatic rings. The Bertz CT molecular complexity index is 595. The van der Waals surface area contributed by atoms with Gasteiger partial charge in [0.1, 0.15) is 0 Å². The van der Waals surface area contributed by atoms with Gasteiger partial charge in [0, 0.05) is 17.6 Å². The van der Waals surface area contributed by atoms with Gasteiger partial charge in [0.05, 0.1) is 11.9 Å². The number of nitrogens with zero attached hydrogens (tertiary/aromatic N) is 2. The lowest BCUT2D eigenvalue weighted by Crippen LogP contribution is -2.10. The average molecular weight is 301 g/mol. The van der Waals surface area contributed by atoms with E-state index in [4.69, 9.17) is 11.6 Å². The highest BCUT2D eigenvalue weighted by molar-refractivity contribution is 6.19. The Morgan fingerprint density at radius 3 is 2.67 bits per heavy atom. The van der Waals surface area contributed by atoms with Gasteiger partial charge in [-0.15, -0.1) is 11.6 Å². The molecule has 0 aliphatic heterocycles. The molecule has 21 heavy (non-hydrogen) atoms. The van der Waals surface area contributed by atoms with Crippen molar-refractivity contribution in [1.29, 1.82) is 0 Å². The molecule has 1 saturated carbocycles. The molecule has 1 aromatic carbocycles. The first-order valence-electron chi connectivity index (χ1n) is 7.73. The number of rotatable bonds is 4. The van der Waals surface area contributed by atoms with Gasteiger partial charge in [-0.2, -0.15) is 5.10 Å². The van der Waals surface area contributed by atoms with E-state index >= 15 is 0 Å². The molecule has 0 bridgehead atoms. The summed E-state index contributed by atoms with van der Waals surface area (Å²) in [6.07, 6.45) is 12.8. The van der Waals surface area contributed by atoms with Crippen molar-refractivity contribution in [2.75, 3.05) is 5.88 Å². The van der Waals surface area contributed by atoms with E-state index < -0.39 is 0 Å². The molecule has 2 nitrogen and oxygen atoms in total. The summed E-state index contributed by atoms with van der Waals surface area (Å²) >= 11 is 6.18. The molecule has 3 rings (SSSR count). The van der Waals surface area contributed by atoms with Crippen LogP contribution in [0, 0.1) is 5.92 Å². The minimum atomic E-state index is 0.626. The Kier molecular flexibility index (Phi) is 4.76. The van der Waals surface area contributed by atoms with Crippen LogP contribution in [0.5, 0.6) is 0 Å². The molecule has 1 aliphatic carbocycles. The summed E-state index contributed by atoms with van der Waals surface area (Å²) in [6.45, 7) is 0. The fourth-order valence-electron chi connectivity index (χ4n) is 3.09. The second kappa shape index (κ2) is 6.95.